The van der Waals surface area contributed by atoms with Crippen molar-refractivity contribution < 1.29 is 83.4 Å². The van der Waals surface area contributed by atoms with E-state index in [0.717, 1.165) is 158 Å². The van der Waals surface area contributed by atoms with E-state index < -0.39 is 23.5 Å². The number of alkyl halides is 6. The van der Waals surface area contributed by atoms with E-state index in [2.05, 4.69) is 62.4 Å². The molecular formula is C92H102F6N4O12. The third kappa shape index (κ3) is 20.2. The first kappa shape index (κ1) is 81.6. The molecule has 0 spiro atoms. The third-order valence-electron chi connectivity index (χ3n) is 23.2. The molecule has 4 atom stereocenters. The number of carbonyl (C=O) groups excluding carboxylic acids is 4. The van der Waals surface area contributed by atoms with Crippen molar-refractivity contribution in [3.05, 3.63) is 214 Å². The number of rotatable bonds is 20. The molecule has 16 nitrogen and oxygen atoms in total. The van der Waals surface area contributed by atoms with E-state index in [0.29, 0.717) is 74.1 Å². The number of benzene rings is 8. The quantitative estimate of drug-likeness (QED) is 0.0667. The summed E-state index contributed by atoms with van der Waals surface area (Å²) in [7, 11) is 6.54. The minimum Gasteiger partial charge on any atom is -0.493 e. The highest BCUT2D eigenvalue weighted by atomic mass is 19.4. The van der Waals surface area contributed by atoms with Crippen LogP contribution >= 0.6 is 0 Å². The molecule has 4 heterocycles. The smallest absolute Gasteiger partial charge is 0.416 e. The molecule has 8 aliphatic rings. The van der Waals surface area contributed by atoms with E-state index in [1.807, 2.05) is 82.6 Å². The largest absolute Gasteiger partial charge is 0.493 e. The van der Waals surface area contributed by atoms with Gasteiger partial charge in [0.05, 0.1) is 64.0 Å². The van der Waals surface area contributed by atoms with Crippen LogP contribution in [0.15, 0.2) is 170 Å². The van der Waals surface area contributed by atoms with E-state index in [1.165, 1.54) is 66.0 Å². The summed E-state index contributed by atoms with van der Waals surface area (Å²) in [5, 5.41) is 0. The summed E-state index contributed by atoms with van der Waals surface area (Å²) in [5.74, 6) is 6.04. The molecule has 0 aromatic heterocycles. The zero-order valence-electron chi connectivity index (χ0n) is 65.7. The Morgan fingerprint density at radius 1 is 0.289 bits per heavy atom. The normalized spacial score (nSPS) is 20.2. The second-order valence-electron chi connectivity index (χ2n) is 31.1. The molecule has 0 unspecified atom stereocenters. The number of hydrogen-bond acceptors (Lipinski definition) is 12. The lowest BCUT2D eigenvalue weighted by atomic mass is 9.98. The Morgan fingerprint density at radius 2 is 0.570 bits per heavy atom. The van der Waals surface area contributed by atoms with Gasteiger partial charge in [-0.1, -0.05) is 60.2 Å². The molecule has 4 saturated heterocycles. The van der Waals surface area contributed by atoms with Gasteiger partial charge in [-0.2, -0.15) is 26.3 Å². The maximum atomic E-state index is 13.0. The van der Waals surface area contributed by atoms with Gasteiger partial charge in [-0.05, 0) is 260 Å². The van der Waals surface area contributed by atoms with Crippen LogP contribution < -0.4 is 57.5 Å². The Kier molecular flexibility index (Phi) is 26.4. The van der Waals surface area contributed by atoms with Gasteiger partial charge in [0, 0.05) is 98.3 Å². The highest BCUT2D eigenvalue weighted by Gasteiger charge is 2.39. The molecule has 0 radical (unpaired) electrons. The first-order valence-electron chi connectivity index (χ1n) is 40.1. The molecule has 0 bridgehead atoms. The summed E-state index contributed by atoms with van der Waals surface area (Å²) in [5.41, 5.74) is 7.77. The highest BCUT2D eigenvalue weighted by Crippen LogP contribution is 2.45. The monoisotopic (exact) mass is 1570 g/mol. The molecule has 604 valence electrons. The summed E-state index contributed by atoms with van der Waals surface area (Å²) in [6.45, 7) is 6.27. The number of hydrogen-bond donors (Lipinski definition) is 0. The van der Waals surface area contributed by atoms with E-state index in [9.17, 15) is 45.5 Å². The summed E-state index contributed by atoms with van der Waals surface area (Å²) in [6.07, 6.45) is 11.7. The lowest BCUT2D eigenvalue weighted by Crippen LogP contribution is -2.24. The van der Waals surface area contributed by atoms with Crippen LogP contribution in [0, 0.1) is 13.8 Å². The van der Waals surface area contributed by atoms with Gasteiger partial charge in [0.25, 0.3) is 0 Å². The zero-order valence-corrected chi connectivity index (χ0v) is 65.7. The third-order valence-corrected chi connectivity index (χ3v) is 23.2. The van der Waals surface area contributed by atoms with Crippen LogP contribution in [0.4, 0.5) is 49.1 Å². The van der Waals surface area contributed by atoms with Crippen molar-refractivity contribution in [3.8, 4) is 46.0 Å². The van der Waals surface area contributed by atoms with E-state index in [1.54, 1.807) is 33.3 Å². The average Bonchev–Trinajstić information content (AvgIpc) is 1.68. The topological polar surface area (TPSA) is 155 Å². The summed E-state index contributed by atoms with van der Waals surface area (Å²) in [6, 6.07) is 49.5. The molecule has 8 aromatic carbocycles. The first-order chi connectivity index (χ1) is 55.0. The van der Waals surface area contributed by atoms with Crippen LogP contribution in [0.5, 0.6) is 46.0 Å². The van der Waals surface area contributed by atoms with Gasteiger partial charge in [0.2, 0.25) is 23.6 Å². The molecule has 4 saturated carbocycles. The minimum atomic E-state index is -4.44. The second-order valence-corrected chi connectivity index (χ2v) is 31.1. The minimum absolute atomic E-state index is 0.0587. The molecule has 4 aliphatic heterocycles. The van der Waals surface area contributed by atoms with Crippen molar-refractivity contribution in [2.45, 2.75) is 203 Å². The van der Waals surface area contributed by atoms with Crippen LogP contribution in [0.25, 0.3) is 0 Å². The van der Waals surface area contributed by atoms with E-state index >= 15 is 0 Å². The predicted molar refractivity (Wildman–Crippen MR) is 428 cm³/mol. The number of halogens is 6. The lowest BCUT2D eigenvalue weighted by molar-refractivity contribution is -0.138. The Morgan fingerprint density at radius 3 is 0.860 bits per heavy atom. The molecule has 114 heavy (non-hydrogen) atoms. The van der Waals surface area contributed by atoms with Crippen molar-refractivity contribution in [2.24, 2.45) is 0 Å². The molecule has 8 fully saturated rings. The fourth-order valence-electron chi connectivity index (χ4n) is 16.8. The van der Waals surface area contributed by atoms with Crippen LogP contribution in [0.2, 0.25) is 0 Å². The second kappa shape index (κ2) is 36.8. The maximum Gasteiger partial charge on any atom is 0.416 e. The number of methoxy groups -OCH3 is 4. The number of carbonyl (C=O) groups is 4. The number of aryl methyl sites for hydroxylation is 2. The van der Waals surface area contributed by atoms with Crippen molar-refractivity contribution in [2.75, 3.05) is 74.2 Å². The fraction of sp³-hybridized carbons (Fsp3) is 0.435. The fourth-order valence-corrected chi connectivity index (χ4v) is 16.8. The van der Waals surface area contributed by atoms with E-state index in [4.69, 9.17) is 37.9 Å². The van der Waals surface area contributed by atoms with Gasteiger partial charge >= 0.3 is 12.4 Å². The Balaban J connectivity index is 0.000000133. The van der Waals surface area contributed by atoms with Gasteiger partial charge in [0.1, 0.15) is 0 Å². The Hall–Kier alpha value is -10.4. The van der Waals surface area contributed by atoms with Crippen LogP contribution in [0.3, 0.4) is 0 Å². The van der Waals surface area contributed by atoms with Gasteiger partial charge in [-0.15, -0.1) is 0 Å². The SMILES string of the molecule is COc1ccc([C@@H]2CC(=O)N(c3ccc(C(F)(F)F)cc3)C2)cc1OC1CCCC1.COc1ccc([C@@H]2CC(=O)N(c3ccc(C)cc3)C2)cc1OC1CCCC1.COc1ccc([C@@H]2CC(=O)N(c3cccc(C(F)(F)F)c3)C2)cc1OC1CCCC1.COc1ccc([C@@H]2CC(=O)N(c3cccc(C)c3)C2)cc1OC1CCCC1. The van der Waals surface area contributed by atoms with Gasteiger partial charge in [0.15, 0.2) is 46.0 Å². The maximum absolute atomic E-state index is 13.0. The van der Waals surface area contributed by atoms with Crippen molar-refractivity contribution >= 4 is 46.4 Å². The van der Waals surface area contributed by atoms with Gasteiger partial charge in [-0.3, -0.25) is 19.2 Å². The van der Waals surface area contributed by atoms with E-state index in [-0.39, 0.29) is 83.8 Å². The molecule has 0 N–H and O–H groups in total. The van der Waals surface area contributed by atoms with Crippen molar-refractivity contribution in [1.29, 1.82) is 0 Å². The van der Waals surface area contributed by atoms with Crippen LogP contribution in [0.1, 0.15) is 197 Å². The number of ether oxygens (including phenoxy) is 8. The highest BCUT2D eigenvalue weighted by molar-refractivity contribution is 5.99. The molecule has 8 aromatic rings. The number of amides is 4. The van der Waals surface area contributed by atoms with Crippen molar-refractivity contribution in [3.63, 3.8) is 0 Å². The summed E-state index contributed by atoms with van der Waals surface area (Å²) in [4.78, 5) is 57.2. The van der Waals surface area contributed by atoms with Crippen molar-refractivity contribution in [1.82, 2.24) is 0 Å². The van der Waals surface area contributed by atoms with Gasteiger partial charge < -0.3 is 57.5 Å². The molecule has 4 amide bonds. The molecule has 16 rings (SSSR count). The summed E-state index contributed by atoms with van der Waals surface area (Å²) < 4.78 is 124. The number of anilines is 4. The zero-order chi connectivity index (χ0) is 80.2. The average molecular weight is 1570 g/mol. The summed E-state index contributed by atoms with van der Waals surface area (Å²) >= 11 is 0. The first-order valence-corrected chi connectivity index (χ1v) is 40.1. The van der Waals surface area contributed by atoms with Crippen LogP contribution in [-0.2, 0) is 31.5 Å². The predicted octanol–water partition coefficient (Wildman–Crippen LogP) is 20.8. The molecule has 22 heteroatoms. The standard InChI is InChI=1S/2C23H24F3NO3.2C23H27NO3/c1-29-20-10-9-15(11-21(20)30-19-7-2-3-8-19)16-12-22(28)27(14-16)18-6-4-5-17(13-18)23(24,25)26;1-29-20-11-6-15(12-21(20)30-19-4-2-3-5-19)16-13-22(28)27(14-16)18-9-7-17(8-10-18)23(24,25)26;1-16-6-5-7-19(12-16)24-15-18(14-23(24)25)17-10-11-21(26-2)22(13-17)27-20-8-3-4-9-20;1-16-7-10-19(11-8-16)24-15-18(14-23(24)25)17-9-12-21(26-2)22(13-17)27-20-5-3-4-6-20/h4-6,9-11,13,16,19H,2-3,7-8,12,14H2,1H3;6-12,16,19H,2-5,13-14H2,1H3;5-7,10-13,18,20H,3-4,8-9,14-15H2,1-2H3;7-13,18,20H,3-6,14-15H2,1-2H3/t2*16-;2*18-/m1111/s1. The lowest BCUT2D eigenvalue weighted by Gasteiger charge is -2.20. The number of nitrogens with zero attached hydrogens (tertiary/aromatic N) is 4. The van der Waals surface area contributed by atoms with Crippen LogP contribution in [-0.4, -0.2) is 103 Å². The molecule has 4 aliphatic carbocycles. The van der Waals surface area contributed by atoms with Gasteiger partial charge in [-0.25, -0.2) is 0 Å². The Bertz CT molecular complexity index is 4630. The molecular weight excluding hydrogens is 1470 g/mol. The Labute approximate surface area is 663 Å².